The van der Waals surface area contributed by atoms with Gasteiger partial charge in [-0.25, -0.2) is 4.39 Å². The second-order valence-electron chi connectivity index (χ2n) is 3.57. The number of halogens is 1. The van der Waals surface area contributed by atoms with E-state index in [1.165, 1.54) is 6.07 Å². The average molecular weight is 224 g/mol. The van der Waals surface area contributed by atoms with Crippen molar-refractivity contribution in [3.05, 3.63) is 28.6 Å². The SMILES string of the molecule is CC.Cc1cc(F)c(N)c2c1C(C)NC2=O. The third-order valence-electron chi connectivity index (χ3n) is 2.57. The number of nitrogens with one attached hydrogen (secondary N) is 1. The topological polar surface area (TPSA) is 55.1 Å². The standard InChI is InChI=1S/C10H11FN2O.C2H6/c1-4-3-6(11)9(12)8-7(4)5(2)13-10(8)14;1-2/h3,5H,12H2,1-2H3,(H,13,14);1-2H3. The van der Waals surface area contributed by atoms with Crippen LogP contribution in [0.1, 0.15) is 48.3 Å². The normalized spacial score (nSPS) is 17.3. The van der Waals surface area contributed by atoms with E-state index in [9.17, 15) is 9.18 Å². The molecule has 0 spiro atoms. The van der Waals surface area contributed by atoms with Crippen LogP contribution in [0, 0.1) is 12.7 Å². The number of rotatable bonds is 0. The van der Waals surface area contributed by atoms with E-state index in [4.69, 9.17) is 5.73 Å². The molecule has 0 aliphatic carbocycles. The highest BCUT2D eigenvalue weighted by atomic mass is 19.1. The Morgan fingerprint density at radius 2 is 2.00 bits per heavy atom. The van der Waals surface area contributed by atoms with Crippen molar-refractivity contribution in [3.8, 4) is 0 Å². The number of anilines is 1. The van der Waals surface area contributed by atoms with Gasteiger partial charge in [0.05, 0.1) is 17.3 Å². The van der Waals surface area contributed by atoms with Crippen LogP contribution in [-0.2, 0) is 0 Å². The molecule has 3 nitrogen and oxygen atoms in total. The van der Waals surface area contributed by atoms with Crippen molar-refractivity contribution in [3.63, 3.8) is 0 Å². The van der Waals surface area contributed by atoms with Crippen LogP contribution in [0.5, 0.6) is 0 Å². The van der Waals surface area contributed by atoms with E-state index in [1.54, 1.807) is 6.92 Å². The van der Waals surface area contributed by atoms with Gasteiger partial charge in [0.1, 0.15) is 5.82 Å². The van der Waals surface area contributed by atoms with Gasteiger partial charge >= 0.3 is 0 Å². The summed E-state index contributed by atoms with van der Waals surface area (Å²) in [4.78, 5) is 11.4. The van der Waals surface area contributed by atoms with E-state index >= 15 is 0 Å². The number of nitrogen functional groups attached to an aromatic ring is 1. The van der Waals surface area contributed by atoms with Gasteiger partial charge in [-0.15, -0.1) is 0 Å². The third kappa shape index (κ3) is 1.75. The fraction of sp³-hybridized carbons (Fsp3) is 0.417. The molecule has 16 heavy (non-hydrogen) atoms. The van der Waals surface area contributed by atoms with Crippen LogP contribution in [0.4, 0.5) is 10.1 Å². The second kappa shape index (κ2) is 4.51. The molecule has 1 atom stereocenters. The number of amides is 1. The number of benzene rings is 1. The first kappa shape index (κ1) is 12.5. The molecule has 0 saturated heterocycles. The molecule has 1 aromatic carbocycles. The van der Waals surface area contributed by atoms with Crippen molar-refractivity contribution in [1.29, 1.82) is 0 Å². The molecule has 1 heterocycles. The van der Waals surface area contributed by atoms with Gasteiger partial charge in [0.25, 0.3) is 5.91 Å². The number of fused-ring (bicyclic) bond motifs is 1. The van der Waals surface area contributed by atoms with E-state index in [0.29, 0.717) is 5.56 Å². The summed E-state index contributed by atoms with van der Waals surface area (Å²) in [7, 11) is 0. The molecule has 88 valence electrons. The Morgan fingerprint density at radius 1 is 1.44 bits per heavy atom. The maximum atomic E-state index is 13.2. The van der Waals surface area contributed by atoms with Gasteiger partial charge in [-0.2, -0.15) is 0 Å². The predicted molar refractivity (Wildman–Crippen MR) is 62.8 cm³/mol. The largest absolute Gasteiger partial charge is 0.396 e. The summed E-state index contributed by atoms with van der Waals surface area (Å²) < 4.78 is 13.2. The third-order valence-corrected chi connectivity index (χ3v) is 2.57. The molecule has 1 amide bonds. The van der Waals surface area contributed by atoms with Gasteiger partial charge in [-0.1, -0.05) is 13.8 Å². The van der Waals surface area contributed by atoms with Crippen LogP contribution in [-0.4, -0.2) is 5.91 Å². The Hall–Kier alpha value is -1.58. The van der Waals surface area contributed by atoms with Crippen molar-refractivity contribution in [1.82, 2.24) is 5.32 Å². The van der Waals surface area contributed by atoms with Crippen molar-refractivity contribution in [2.45, 2.75) is 33.7 Å². The van der Waals surface area contributed by atoms with Gasteiger partial charge in [-0.3, -0.25) is 4.79 Å². The molecule has 0 aromatic heterocycles. The first-order chi connectivity index (χ1) is 7.52. The molecular formula is C12H17FN2O. The molecule has 0 radical (unpaired) electrons. The molecular weight excluding hydrogens is 207 g/mol. The first-order valence-electron chi connectivity index (χ1n) is 5.41. The number of aryl methyl sites for hydroxylation is 1. The molecule has 3 N–H and O–H groups in total. The molecule has 1 aliphatic heterocycles. The van der Waals surface area contributed by atoms with Gasteiger partial charge in [-0.05, 0) is 31.0 Å². The summed E-state index contributed by atoms with van der Waals surface area (Å²) in [5.74, 6) is -0.807. The number of carbonyl (C=O) groups excluding carboxylic acids is 1. The lowest BCUT2D eigenvalue weighted by atomic mass is 9.98. The fourth-order valence-electron chi connectivity index (χ4n) is 1.95. The zero-order valence-electron chi connectivity index (χ0n) is 10.0. The molecule has 0 bridgehead atoms. The molecule has 1 aromatic rings. The highest BCUT2D eigenvalue weighted by Gasteiger charge is 2.30. The number of hydrogen-bond donors (Lipinski definition) is 2. The summed E-state index contributed by atoms with van der Waals surface area (Å²) >= 11 is 0. The van der Waals surface area contributed by atoms with Crippen molar-refractivity contribution in [2.24, 2.45) is 0 Å². The Morgan fingerprint density at radius 3 is 2.56 bits per heavy atom. The van der Waals surface area contributed by atoms with Crippen LogP contribution in [0.2, 0.25) is 0 Å². The molecule has 0 fully saturated rings. The lowest BCUT2D eigenvalue weighted by Crippen LogP contribution is -2.17. The van der Waals surface area contributed by atoms with Gasteiger partial charge in [0.15, 0.2) is 0 Å². The van der Waals surface area contributed by atoms with E-state index < -0.39 is 5.82 Å². The minimum Gasteiger partial charge on any atom is -0.396 e. The molecule has 4 heteroatoms. The summed E-state index contributed by atoms with van der Waals surface area (Å²) in [6.07, 6.45) is 0. The monoisotopic (exact) mass is 224 g/mol. The van der Waals surface area contributed by atoms with E-state index in [0.717, 1.165) is 11.1 Å². The number of hydrogen-bond acceptors (Lipinski definition) is 2. The molecule has 1 unspecified atom stereocenters. The van der Waals surface area contributed by atoms with Crippen LogP contribution < -0.4 is 11.1 Å². The maximum absolute atomic E-state index is 13.2. The number of nitrogens with two attached hydrogens (primary N) is 1. The maximum Gasteiger partial charge on any atom is 0.254 e. The quantitative estimate of drug-likeness (QED) is 0.665. The second-order valence-corrected chi connectivity index (χ2v) is 3.57. The van der Waals surface area contributed by atoms with E-state index in [-0.39, 0.29) is 17.6 Å². The lowest BCUT2D eigenvalue weighted by Gasteiger charge is -2.09. The lowest BCUT2D eigenvalue weighted by molar-refractivity contribution is 0.0959. The van der Waals surface area contributed by atoms with Crippen LogP contribution in [0.3, 0.4) is 0 Å². The predicted octanol–water partition coefficient (Wildman–Crippen LogP) is 2.55. The van der Waals surface area contributed by atoms with Crippen LogP contribution >= 0.6 is 0 Å². The van der Waals surface area contributed by atoms with Gasteiger partial charge < -0.3 is 11.1 Å². The minimum atomic E-state index is -0.523. The van der Waals surface area contributed by atoms with Crippen molar-refractivity contribution in [2.75, 3.05) is 5.73 Å². The Balaban J connectivity index is 0.000000606. The molecule has 1 aliphatic rings. The van der Waals surface area contributed by atoms with E-state index in [2.05, 4.69) is 5.32 Å². The summed E-state index contributed by atoms with van der Waals surface area (Å²) in [5.41, 5.74) is 7.35. The molecule has 2 rings (SSSR count). The van der Waals surface area contributed by atoms with Crippen molar-refractivity contribution >= 4 is 11.6 Å². The Kier molecular flexibility index (Phi) is 3.52. The first-order valence-corrected chi connectivity index (χ1v) is 5.41. The average Bonchev–Trinajstić information content (AvgIpc) is 2.54. The zero-order chi connectivity index (χ0) is 12.5. The fourth-order valence-corrected chi connectivity index (χ4v) is 1.95. The van der Waals surface area contributed by atoms with Crippen LogP contribution in [0.15, 0.2) is 6.07 Å². The van der Waals surface area contributed by atoms with Gasteiger partial charge in [0, 0.05) is 0 Å². The highest BCUT2D eigenvalue weighted by Crippen LogP contribution is 2.33. The summed E-state index contributed by atoms with van der Waals surface area (Å²) in [6.45, 7) is 7.63. The Labute approximate surface area is 94.8 Å². The zero-order valence-corrected chi connectivity index (χ0v) is 10.0. The van der Waals surface area contributed by atoms with Crippen molar-refractivity contribution < 1.29 is 9.18 Å². The number of carbonyl (C=O) groups is 1. The smallest absolute Gasteiger partial charge is 0.254 e. The Bertz CT molecular complexity index is 430. The summed E-state index contributed by atoms with van der Waals surface area (Å²) in [5, 5.41) is 2.71. The van der Waals surface area contributed by atoms with E-state index in [1.807, 2.05) is 20.8 Å². The summed E-state index contributed by atoms with van der Waals surface area (Å²) in [6, 6.07) is 1.28. The highest BCUT2D eigenvalue weighted by molar-refractivity contribution is 6.04. The van der Waals surface area contributed by atoms with Crippen LogP contribution in [0.25, 0.3) is 0 Å². The minimum absolute atomic E-state index is 0.0487. The molecule has 0 saturated carbocycles. The van der Waals surface area contributed by atoms with Gasteiger partial charge in [0.2, 0.25) is 0 Å².